The second-order valence-corrected chi connectivity index (χ2v) is 5.49. The van der Waals surface area contributed by atoms with E-state index in [0.29, 0.717) is 6.04 Å². The number of hydrogen-bond donors (Lipinski definition) is 1. The minimum absolute atomic E-state index is 0.635. The van der Waals surface area contributed by atoms with E-state index < -0.39 is 0 Å². The molecule has 0 unspecified atom stereocenters. The van der Waals surface area contributed by atoms with Crippen LogP contribution < -0.4 is 10.1 Å². The van der Waals surface area contributed by atoms with Crippen LogP contribution >= 0.6 is 0 Å². The highest BCUT2D eigenvalue weighted by Gasteiger charge is 2.23. The maximum absolute atomic E-state index is 9.47. The first-order valence-electron chi connectivity index (χ1n) is 6.95. The van der Waals surface area contributed by atoms with Crippen LogP contribution in [0, 0.1) is 18.3 Å². The van der Waals surface area contributed by atoms with Crippen molar-refractivity contribution < 1.29 is 4.74 Å². The van der Waals surface area contributed by atoms with Crippen LogP contribution in [0.15, 0.2) is 12.1 Å². The number of aryl methyl sites for hydroxylation is 2. The Morgan fingerprint density at radius 3 is 2.80 bits per heavy atom. The normalized spacial score (nSPS) is 14.5. The van der Waals surface area contributed by atoms with Crippen molar-refractivity contribution in [3.8, 4) is 11.8 Å². The maximum Gasteiger partial charge on any atom is 0.125 e. The molecule has 1 N–H and O–H groups in total. The Balaban J connectivity index is 2.17. The fourth-order valence-corrected chi connectivity index (χ4v) is 2.80. The van der Waals surface area contributed by atoms with Gasteiger partial charge in [-0.25, -0.2) is 0 Å². The molecule has 3 rings (SSSR count). The Morgan fingerprint density at radius 1 is 1.45 bits per heavy atom. The highest BCUT2D eigenvalue weighted by atomic mass is 16.5. The summed E-state index contributed by atoms with van der Waals surface area (Å²) in [5.74, 6) is 0.835. The summed E-state index contributed by atoms with van der Waals surface area (Å²) in [7, 11) is 3.62. The molecular formula is C16H19N3O. The molecule has 1 aromatic heterocycles. The van der Waals surface area contributed by atoms with E-state index in [2.05, 4.69) is 18.3 Å². The summed E-state index contributed by atoms with van der Waals surface area (Å²) in [5.41, 5.74) is 4.07. The van der Waals surface area contributed by atoms with Gasteiger partial charge < -0.3 is 14.6 Å². The van der Waals surface area contributed by atoms with Crippen LogP contribution in [0.2, 0.25) is 0 Å². The van der Waals surface area contributed by atoms with Gasteiger partial charge in [0.25, 0.3) is 0 Å². The Bertz CT molecular complexity index is 705. The molecule has 4 heteroatoms. The van der Waals surface area contributed by atoms with Crippen molar-refractivity contribution in [2.75, 3.05) is 7.11 Å². The number of hydrogen-bond acceptors (Lipinski definition) is 3. The van der Waals surface area contributed by atoms with Crippen molar-refractivity contribution >= 4 is 10.9 Å². The van der Waals surface area contributed by atoms with Gasteiger partial charge in [0.2, 0.25) is 0 Å². The van der Waals surface area contributed by atoms with Crippen molar-refractivity contribution in [1.82, 2.24) is 9.88 Å². The summed E-state index contributed by atoms with van der Waals surface area (Å²) in [6, 6.07) is 7.01. The summed E-state index contributed by atoms with van der Waals surface area (Å²) >= 11 is 0. The summed E-state index contributed by atoms with van der Waals surface area (Å²) in [5, 5.41) is 14.2. The van der Waals surface area contributed by atoms with Gasteiger partial charge in [-0.15, -0.1) is 0 Å². The van der Waals surface area contributed by atoms with Crippen LogP contribution in [0.5, 0.6) is 5.75 Å². The van der Waals surface area contributed by atoms with Crippen molar-refractivity contribution in [2.45, 2.75) is 32.4 Å². The second kappa shape index (κ2) is 4.84. The Kier molecular flexibility index (Phi) is 3.15. The molecule has 1 saturated carbocycles. The third-order valence-electron chi connectivity index (χ3n) is 4.06. The predicted molar refractivity (Wildman–Crippen MR) is 78.8 cm³/mol. The fraction of sp³-hybridized carbons (Fsp3) is 0.438. The molecule has 1 heterocycles. The third kappa shape index (κ3) is 2.04. The van der Waals surface area contributed by atoms with E-state index in [0.717, 1.165) is 34.6 Å². The molecule has 1 aromatic carbocycles. The van der Waals surface area contributed by atoms with Crippen LogP contribution in [0.4, 0.5) is 0 Å². The number of methoxy groups -OCH3 is 1. The Morgan fingerprint density at radius 2 is 2.20 bits per heavy atom. The van der Waals surface area contributed by atoms with Crippen LogP contribution in [0.3, 0.4) is 0 Å². The van der Waals surface area contributed by atoms with Gasteiger partial charge >= 0.3 is 0 Å². The molecule has 4 nitrogen and oxygen atoms in total. The van der Waals surface area contributed by atoms with E-state index in [9.17, 15) is 5.26 Å². The maximum atomic E-state index is 9.47. The lowest BCUT2D eigenvalue weighted by Gasteiger charge is -2.06. The number of benzene rings is 1. The molecule has 1 fully saturated rings. The van der Waals surface area contributed by atoms with Crippen LogP contribution in [0.1, 0.15) is 29.7 Å². The first kappa shape index (κ1) is 13.0. The van der Waals surface area contributed by atoms with Crippen molar-refractivity contribution in [2.24, 2.45) is 7.05 Å². The first-order chi connectivity index (χ1) is 9.65. The van der Waals surface area contributed by atoms with Crippen LogP contribution in [-0.4, -0.2) is 17.7 Å². The summed E-state index contributed by atoms with van der Waals surface area (Å²) in [6.07, 6.45) is 2.50. The smallest absolute Gasteiger partial charge is 0.125 e. The molecule has 0 amide bonds. The summed E-state index contributed by atoms with van der Waals surface area (Å²) in [4.78, 5) is 0. The van der Waals surface area contributed by atoms with E-state index in [4.69, 9.17) is 4.74 Å². The van der Waals surface area contributed by atoms with Gasteiger partial charge in [0.1, 0.15) is 17.5 Å². The quantitative estimate of drug-likeness (QED) is 0.928. The standard InChI is InChI=1S/C16H19N3O/c1-10-6-12(20-3)7-14-16(10)13(9-18-11-4-5-11)15(8-17)19(14)2/h6-7,11,18H,4-5,9H2,1-3H3. The number of ether oxygens (including phenoxy) is 1. The molecular weight excluding hydrogens is 250 g/mol. The van der Waals surface area contributed by atoms with Gasteiger partial charge in [-0.1, -0.05) is 0 Å². The number of aromatic nitrogens is 1. The number of nitrogens with zero attached hydrogens (tertiary/aromatic N) is 2. The Hall–Kier alpha value is -1.99. The van der Waals surface area contributed by atoms with Crippen molar-refractivity contribution in [1.29, 1.82) is 5.26 Å². The van der Waals surface area contributed by atoms with E-state index in [-0.39, 0.29) is 0 Å². The molecule has 2 aromatic rings. The molecule has 1 aliphatic rings. The highest BCUT2D eigenvalue weighted by molar-refractivity contribution is 5.90. The zero-order chi connectivity index (χ0) is 14.3. The predicted octanol–water partition coefficient (Wildman–Crippen LogP) is 2.62. The van der Waals surface area contributed by atoms with Gasteiger partial charge in [-0.3, -0.25) is 0 Å². The van der Waals surface area contributed by atoms with Crippen LogP contribution in [-0.2, 0) is 13.6 Å². The monoisotopic (exact) mass is 269 g/mol. The van der Waals surface area contributed by atoms with Gasteiger partial charge in [0.05, 0.1) is 12.6 Å². The molecule has 0 spiro atoms. The van der Waals surface area contributed by atoms with Gasteiger partial charge in [0, 0.05) is 36.7 Å². The second-order valence-electron chi connectivity index (χ2n) is 5.49. The SMILES string of the molecule is COc1cc(C)c2c(CNC3CC3)c(C#N)n(C)c2c1. The first-order valence-corrected chi connectivity index (χ1v) is 6.95. The molecule has 0 atom stereocenters. The largest absolute Gasteiger partial charge is 0.497 e. The average molecular weight is 269 g/mol. The molecule has 20 heavy (non-hydrogen) atoms. The van der Waals surface area contributed by atoms with E-state index in [1.807, 2.05) is 23.7 Å². The van der Waals surface area contributed by atoms with Gasteiger partial charge in [-0.2, -0.15) is 5.26 Å². The number of rotatable bonds is 4. The summed E-state index contributed by atoms with van der Waals surface area (Å²) in [6.45, 7) is 2.84. The number of nitriles is 1. The summed E-state index contributed by atoms with van der Waals surface area (Å²) < 4.78 is 7.30. The molecule has 0 radical (unpaired) electrons. The van der Waals surface area contributed by atoms with Crippen molar-refractivity contribution in [3.05, 3.63) is 29.0 Å². The lowest BCUT2D eigenvalue weighted by Crippen LogP contribution is -2.16. The highest BCUT2D eigenvalue weighted by Crippen LogP contribution is 2.32. The number of nitrogens with one attached hydrogen (secondary N) is 1. The van der Waals surface area contributed by atoms with E-state index in [1.54, 1.807) is 7.11 Å². The van der Waals surface area contributed by atoms with Crippen molar-refractivity contribution in [3.63, 3.8) is 0 Å². The molecule has 1 aliphatic carbocycles. The average Bonchev–Trinajstić information content (AvgIpc) is 3.22. The topological polar surface area (TPSA) is 50.0 Å². The van der Waals surface area contributed by atoms with E-state index in [1.165, 1.54) is 18.2 Å². The zero-order valence-electron chi connectivity index (χ0n) is 12.2. The lowest BCUT2D eigenvalue weighted by molar-refractivity contribution is 0.415. The third-order valence-corrected chi connectivity index (χ3v) is 4.06. The van der Waals surface area contributed by atoms with Gasteiger partial charge in [0.15, 0.2) is 0 Å². The molecule has 0 bridgehead atoms. The molecule has 0 aliphatic heterocycles. The molecule has 104 valence electrons. The minimum Gasteiger partial charge on any atom is -0.497 e. The zero-order valence-corrected chi connectivity index (χ0v) is 12.2. The minimum atomic E-state index is 0.635. The van der Waals surface area contributed by atoms with Crippen LogP contribution in [0.25, 0.3) is 10.9 Å². The lowest BCUT2D eigenvalue weighted by atomic mass is 10.1. The molecule has 0 saturated heterocycles. The van der Waals surface area contributed by atoms with E-state index >= 15 is 0 Å². The number of fused-ring (bicyclic) bond motifs is 1. The fourth-order valence-electron chi connectivity index (χ4n) is 2.80. The Labute approximate surface area is 119 Å². The van der Waals surface area contributed by atoms with Gasteiger partial charge in [-0.05, 0) is 31.4 Å².